The Morgan fingerprint density at radius 1 is 1.42 bits per heavy atom. The van der Waals surface area contributed by atoms with Crippen LogP contribution >= 0.6 is 12.2 Å². The van der Waals surface area contributed by atoms with E-state index in [1.165, 1.54) is 6.07 Å². The van der Waals surface area contributed by atoms with Gasteiger partial charge >= 0.3 is 0 Å². The van der Waals surface area contributed by atoms with Gasteiger partial charge in [0.15, 0.2) is 5.11 Å². The van der Waals surface area contributed by atoms with Crippen molar-refractivity contribution in [3.8, 4) is 0 Å². The summed E-state index contributed by atoms with van der Waals surface area (Å²) in [4.78, 5) is 6.32. The minimum absolute atomic E-state index is 0.0637. The molecule has 0 saturated carbocycles. The SMILES string of the molecule is Cc1cnc2c(S(=O)(=O)NNC(N)=S)cccc2c1. The molecule has 2 rings (SSSR count). The number of hydrogen-bond donors (Lipinski definition) is 3. The van der Waals surface area contributed by atoms with Crippen LogP contribution in [0.1, 0.15) is 5.56 Å². The van der Waals surface area contributed by atoms with Crippen molar-refractivity contribution in [2.24, 2.45) is 5.73 Å². The highest BCUT2D eigenvalue weighted by molar-refractivity contribution is 7.89. The van der Waals surface area contributed by atoms with E-state index in [9.17, 15) is 8.42 Å². The lowest BCUT2D eigenvalue weighted by atomic mass is 10.2. The van der Waals surface area contributed by atoms with Crippen LogP contribution in [0.15, 0.2) is 35.4 Å². The first kappa shape index (κ1) is 13.7. The summed E-state index contributed by atoms with van der Waals surface area (Å²) in [5, 5.41) is 0.589. The van der Waals surface area contributed by atoms with Gasteiger partial charge in [-0.1, -0.05) is 12.1 Å². The number of nitrogens with zero attached hydrogens (tertiary/aromatic N) is 1. The van der Waals surface area contributed by atoms with Gasteiger partial charge in [0, 0.05) is 11.6 Å². The van der Waals surface area contributed by atoms with Gasteiger partial charge in [0.2, 0.25) is 0 Å². The molecule has 19 heavy (non-hydrogen) atoms. The molecule has 0 amide bonds. The molecule has 0 atom stereocenters. The Labute approximate surface area is 116 Å². The summed E-state index contributed by atoms with van der Waals surface area (Å²) in [7, 11) is -3.79. The van der Waals surface area contributed by atoms with Gasteiger partial charge < -0.3 is 5.73 Å². The number of pyridine rings is 1. The van der Waals surface area contributed by atoms with Crippen molar-refractivity contribution in [1.29, 1.82) is 0 Å². The highest BCUT2D eigenvalue weighted by Crippen LogP contribution is 2.21. The molecule has 0 aliphatic carbocycles. The zero-order chi connectivity index (χ0) is 14.0. The third-order valence-electron chi connectivity index (χ3n) is 2.41. The van der Waals surface area contributed by atoms with Gasteiger partial charge in [0.1, 0.15) is 4.90 Å². The largest absolute Gasteiger partial charge is 0.375 e. The van der Waals surface area contributed by atoms with Crippen molar-refractivity contribution in [3.63, 3.8) is 0 Å². The number of para-hydroxylation sites is 1. The number of aryl methyl sites for hydroxylation is 1. The minimum atomic E-state index is -3.79. The van der Waals surface area contributed by atoms with Crippen molar-refractivity contribution in [2.45, 2.75) is 11.8 Å². The van der Waals surface area contributed by atoms with E-state index in [1.54, 1.807) is 18.3 Å². The molecule has 0 radical (unpaired) electrons. The van der Waals surface area contributed by atoms with Gasteiger partial charge in [-0.15, -0.1) is 4.83 Å². The fourth-order valence-electron chi connectivity index (χ4n) is 1.63. The molecule has 1 heterocycles. The Morgan fingerprint density at radius 3 is 2.84 bits per heavy atom. The average molecular weight is 296 g/mol. The predicted octanol–water partition coefficient (Wildman–Crippen LogP) is 0.570. The Hall–Kier alpha value is -1.77. The number of hydrogen-bond acceptors (Lipinski definition) is 4. The van der Waals surface area contributed by atoms with E-state index < -0.39 is 10.0 Å². The molecule has 0 bridgehead atoms. The zero-order valence-electron chi connectivity index (χ0n) is 10.0. The second-order valence-electron chi connectivity index (χ2n) is 3.94. The van der Waals surface area contributed by atoms with Crippen molar-refractivity contribution >= 4 is 38.3 Å². The van der Waals surface area contributed by atoms with E-state index in [-0.39, 0.29) is 10.0 Å². The number of aromatic nitrogens is 1. The van der Waals surface area contributed by atoms with E-state index in [0.29, 0.717) is 5.52 Å². The number of nitrogens with two attached hydrogens (primary N) is 1. The summed E-state index contributed by atoms with van der Waals surface area (Å²) in [6.45, 7) is 1.89. The summed E-state index contributed by atoms with van der Waals surface area (Å²) < 4.78 is 24.2. The third kappa shape index (κ3) is 2.98. The van der Waals surface area contributed by atoms with Crippen LogP contribution in [0.2, 0.25) is 0 Å². The lowest BCUT2D eigenvalue weighted by molar-refractivity contribution is 0.578. The summed E-state index contributed by atoms with van der Waals surface area (Å²) in [5.41, 5.74) is 8.74. The quantitative estimate of drug-likeness (QED) is 0.566. The monoisotopic (exact) mass is 296 g/mol. The summed E-state index contributed by atoms with van der Waals surface area (Å²) >= 11 is 4.55. The van der Waals surface area contributed by atoms with Gasteiger partial charge in [0.25, 0.3) is 10.0 Å². The first-order valence-corrected chi connectivity index (χ1v) is 7.22. The second kappa shape index (κ2) is 5.08. The molecule has 1 aromatic heterocycles. The standard InChI is InChI=1S/C11H12N4O2S2/c1-7-5-8-3-2-4-9(10(8)13-6-7)19(16,17)15-14-11(12)18/h2-6,15H,1H3,(H3,12,14,18). The molecule has 1 aromatic carbocycles. The van der Waals surface area contributed by atoms with Gasteiger partial charge in [-0.2, -0.15) is 0 Å². The van der Waals surface area contributed by atoms with Crippen molar-refractivity contribution in [3.05, 3.63) is 36.0 Å². The second-order valence-corrected chi connectivity index (χ2v) is 6.03. The molecule has 4 N–H and O–H groups in total. The van der Waals surface area contributed by atoms with Crippen molar-refractivity contribution in [1.82, 2.24) is 15.2 Å². The molecule has 0 saturated heterocycles. The number of rotatable bonds is 3. The molecule has 0 fully saturated rings. The molecule has 2 aromatic rings. The molecule has 0 aliphatic heterocycles. The fourth-order valence-corrected chi connectivity index (χ4v) is 2.78. The van der Waals surface area contributed by atoms with Crippen LogP contribution in [0.3, 0.4) is 0 Å². The first-order valence-electron chi connectivity index (χ1n) is 5.33. The van der Waals surface area contributed by atoms with E-state index in [2.05, 4.69) is 27.5 Å². The molecular weight excluding hydrogens is 284 g/mol. The minimum Gasteiger partial charge on any atom is -0.375 e. The van der Waals surface area contributed by atoms with E-state index in [0.717, 1.165) is 10.9 Å². The predicted molar refractivity (Wildman–Crippen MR) is 76.7 cm³/mol. The number of thiocarbonyl (C=S) groups is 1. The summed E-state index contributed by atoms with van der Waals surface area (Å²) in [5.74, 6) is 0. The Morgan fingerprint density at radius 2 is 2.16 bits per heavy atom. The van der Waals surface area contributed by atoms with E-state index in [1.807, 2.05) is 13.0 Å². The van der Waals surface area contributed by atoms with Crippen LogP contribution in [0.25, 0.3) is 10.9 Å². The molecule has 6 nitrogen and oxygen atoms in total. The van der Waals surface area contributed by atoms with Crippen LogP contribution < -0.4 is 16.0 Å². The van der Waals surface area contributed by atoms with Gasteiger partial charge in [0.05, 0.1) is 5.52 Å². The Balaban J connectivity index is 2.53. The van der Waals surface area contributed by atoms with Gasteiger partial charge in [-0.05, 0) is 36.8 Å². The lowest BCUT2D eigenvalue weighted by Crippen LogP contribution is -2.44. The molecule has 8 heteroatoms. The summed E-state index contributed by atoms with van der Waals surface area (Å²) in [6, 6.07) is 6.78. The average Bonchev–Trinajstić information content (AvgIpc) is 2.35. The van der Waals surface area contributed by atoms with Crippen LogP contribution in [0.5, 0.6) is 0 Å². The highest BCUT2D eigenvalue weighted by Gasteiger charge is 2.18. The molecular formula is C11H12N4O2S2. The maximum absolute atomic E-state index is 12.1. The van der Waals surface area contributed by atoms with Crippen LogP contribution in [0.4, 0.5) is 0 Å². The van der Waals surface area contributed by atoms with E-state index in [4.69, 9.17) is 5.73 Å². The van der Waals surface area contributed by atoms with Crippen LogP contribution in [-0.2, 0) is 10.0 Å². The third-order valence-corrected chi connectivity index (χ3v) is 3.79. The van der Waals surface area contributed by atoms with Gasteiger partial charge in [-0.25, -0.2) is 8.42 Å². The topological polar surface area (TPSA) is 97.1 Å². The summed E-state index contributed by atoms with van der Waals surface area (Å²) in [6.07, 6.45) is 1.61. The maximum Gasteiger partial charge on any atom is 0.259 e. The Kier molecular flexibility index (Phi) is 3.65. The number of fused-ring (bicyclic) bond motifs is 1. The smallest absolute Gasteiger partial charge is 0.259 e. The van der Waals surface area contributed by atoms with Crippen molar-refractivity contribution in [2.75, 3.05) is 0 Å². The maximum atomic E-state index is 12.1. The number of benzene rings is 1. The molecule has 0 unspecified atom stereocenters. The van der Waals surface area contributed by atoms with Crippen molar-refractivity contribution < 1.29 is 8.42 Å². The normalized spacial score (nSPS) is 11.4. The lowest BCUT2D eigenvalue weighted by Gasteiger charge is -2.09. The van der Waals surface area contributed by atoms with Crippen LogP contribution in [-0.4, -0.2) is 18.5 Å². The molecule has 100 valence electrons. The fraction of sp³-hybridized carbons (Fsp3) is 0.0909. The van der Waals surface area contributed by atoms with E-state index >= 15 is 0 Å². The number of nitrogens with one attached hydrogen (secondary N) is 2. The van der Waals surface area contributed by atoms with Gasteiger partial charge in [-0.3, -0.25) is 10.4 Å². The highest BCUT2D eigenvalue weighted by atomic mass is 32.2. The Bertz CT molecular complexity index is 743. The molecule has 0 spiro atoms. The number of hydrazine groups is 1. The van der Waals surface area contributed by atoms with Crippen LogP contribution in [0, 0.1) is 6.92 Å². The zero-order valence-corrected chi connectivity index (χ0v) is 11.7. The first-order chi connectivity index (χ1) is 8.90. The molecule has 0 aliphatic rings. The number of sulfonamides is 1.